The quantitative estimate of drug-likeness (QED) is 0.858. The first-order valence-electron chi connectivity index (χ1n) is 8.48. The number of piperidine rings is 1. The average Bonchev–Trinajstić information content (AvgIpc) is 3.35. The number of ether oxygens (including phenoxy) is 1. The van der Waals surface area contributed by atoms with E-state index in [2.05, 4.69) is 30.3 Å². The van der Waals surface area contributed by atoms with Crippen molar-refractivity contribution in [1.29, 1.82) is 0 Å². The molecule has 24 heavy (non-hydrogen) atoms. The average molecular weight is 330 g/mol. The molecule has 1 saturated heterocycles. The van der Waals surface area contributed by atoms with E-state index in [1.54, 1.807) is 19.4 Å². The molecule has 2 fully saturated rings. The molecular formula is C16H22N6O2. The van der Waals surface area contributed by atoms with Crippen molar-refractivity contribution in [2.24, 2.45) is 0 Å². The highest BCUT2D eigenvalue weighted by Crippen LogP contribution is 2.38. The molecule has 128 valence electrons. The molecule has 8 nitrogen and oxygen atoms in total. The summed E-state index contributed by atoms with van der Waals surface area (Å²) < 4.78 is 10.5. The fourth-order valence-electron chi connectivity index (χ4n) is 3.05. The van der Waals surface area contributed by atoms with Crippen LogP contribution in [0.4, 0.5) is 5.95 Å². The highest BCUT2D eigenvalue weighted by Gasteiger charge is 2.30. The predicted molar refractivity (Wildman–Crippen MR) is 86.8 cm³/mol. The van der Waals surface area contributed by atoms with Crippen molar-refractivity contribution in [3.63, 3.8) is 0 Å². The molecule has 0 aromatic carbocycles. The van der Waals surface area contributed by atoms with Crippen LogP contribution in [0, 0.1) is 0 Å². The monoisotopic (exact) mass is 330 g/mol. The minimum absolute atomic E-state index is 0.306. The first-order chi connectivity index (χ1) is 11.8. The van der Waals surface area contributed by atoms with Gasteiger partial charge in [0.2, 0.25) is 17.7 Å². The minimum atomic E-state index is 0.306. The number of rotatable bonds is 6. The third-order valence-corrected chi connectivity index (χ3v) is 4.45. The Bertz CT molecular complexity index is 687. The van der Waals surface area contributed by atoms with Gasteiger partial charge in [-0.05, 0) is 32.2 Å². The molecule has 1 saturated carbocycles. The molecule has 2 aromatic heterocycles. The van der Waals surface area contributed by atoms with E-state index in [1.165, 1.54) is 12.8 Å². The molecule has 0 radical (unpaired) electrons. The number of hydrogen-bond acceptors (Lipinski definition) is 8. The van der Waals surface area contributed by atoms with Crippen molar-refractivity contribution in [2.45, 2.75) is 44.2 Å². The Morgan fingerprint density at radius 2 is 2.25 bits per heavy atom. The van der Waals surface area contributed by atoms with Gasteiger partial charge in [0, 0.05) is 30.8 Å². The van der Waals surface area contributed by atoms with Crippen LogP contribution in [0.3, 0.4) is 0 Å². The summed E-state index contributed by atoms with van der Waals surface area (Å²) in [5.74, 6) is 3.28. The van der Waals surface area contributed by atoms with Crippen LogP contribution < -0.4 is 10.1 Å². The van der Waals surface area contributed by atoms with Crippen LogP contribution in [-0.2, 0) is 6.54 Å². The van der Waals surface area contributed by atoms with Crippen molar-refractivity contribution in [3.8, 4) is 5.88 Å². The molecular weight excluding hydrogens is 308 g/mol. The lowest BCUT2D eigenvalue weighted by molar-refractivity contribution is 0.201. The van der Waals surface area contributed by atoms with E-state index in [4.69, 9.17) is 9.26 Å². The van der Waals surface area contributed by atoms with Gasteiger partial charge in [0.25, 0.3) is 0 Å². The third-order valence-electron chi connectivity index (χ3n) is 4.45. The number of hydrogen-bond donors (Lipinski definition) is 1. The minimum Gasteiger partial charge on any atom is -0.481 e. The molecule has 2 aliphatic rings. The SMILES string of the molecule is COc1ccnc(N[C@@H]2CCCN(Cc3noc(C4CC4)n3)C2)n1. The molecule has 0 spiro atoms. The van der Waals surface area contributed by atoms with E-state index >= 15 is 0 Å². The zero-order chi connectivity index (χ0) is 16.4. The van der Waals surface area contributed by atoms with Crippen LogP contribution in [0.15, 0.2) is 16.8 Å². The van der Waals surface area contributed by atoms with E-state index in [0.717, 1.165) is 44.2 Å². The maximum Gasteiger partial charge on any atom is 0.229 e. The number of nitrogens with one attached hydrogen (secondary N) is 1. The van der Waals surface area contributed by atoms with Gasteiger partial charge < -0.3 is 14.6 Å². The van der Waals surface area contributed by atoms with E-state index < -0.39 is 0 Å². The Morgan fingerprint density at radius 1 is 1.33 bits per heavy atom. The van der Waals surface area contributed by atoms with Crippen LogP contribution in [0.1, 0.15) is 43.3 Å². The predicted octanol–water partition coefficient (Wildman–Crippen LogP) is 1.82. The van der Waals surface area contributed by atoms with E-state index in [0.29, 0.717) is 23.8 Å². The largest absolute Gasteiger partial charge is 0.481 e. The molecule has 1 aliphatic heterocycles. The van der Waals surface area contributed by atoms with Gasteiger partial charge in [0.15, 0.2) is 5.82 Å². The number of anilines is 1. The molecule has 4 rings (SSSR count). The molecule has 1 N–H and O–H groups in total. The van der Waals surface area contributed by atoms with E-state index in [9.17, 15) is 0 Å². The highest BCUT2D eigenvalue weighted by atomic mass is 16.5. The Balaban J connectivity index is 1.34. The number of nitrogens with zero attached hydrogens (tertiary/aromatic N) is 5. The second-order valence-corrected chi connectivity index (χ2v) is 6.46. The summed E-state index contributed by atoms with van der Waals surface area (Å²) in [4.78, 5) is 15.4. The van der Waals surface area contributed by atoms with Gasteiger partial charge in [-0.2, -0.15) is 9.97 Å². The summed E-state index contributed by atoms with van der Waals surface area (Å²) in [7, 11) is 1.61. The topological polar surface area (TPSA) is 89.2 Å². The molecule has 0 bridgehead atoms. The molecule has 1 aliphatic carbocycles. The summed E-state index contributed by atoms with van der Waals surface area (Å²) in [5.41, 5.74) is 0. The van der Waals surface area contributed by atoms with Crippen LogP contribution in [0.2, 0.25) is 0 Å². The molecule has 2 aromatic rings. The van der Waals surface area contributed by atoms with Gasteiger partial charge in [-0.15, -0.1) is 0 Å². The van der Waals surface area contributed by atoms with E-state index in [-0.39, 0.29) is 0 Å². The third kappa shape index (κ3) is 3.64. The number of methoxy groups -OCH3 is 1. The van der Waals surface area contributed by atoms with Gasteiger partial charge in [-0.3, -0.25) is 4.90 Å². The van der Waals surface area contributed by atoms with Crippen LogP contribution in [0.5, 0.6) is 5.88 Å². The molecule has 3 heterocycles. The number of likely N-dealkylation sites (tertiary alicyclic amines) is 1. The summed E-state index contributed by atoms with van der Waals surface area (Å²) in [6.45, 7) is 2.69. The first kappa shape index (κ1) is 15.3. The summed E-state index contributed by atoms with van der Waals surface area (Å²) in [6.07, 6.45) is 6.27. The van der Waals surface area contributed by atoms with Gasteiger partial charge in [0.1, 0.15) is 0 Å². The molecule has 8 heteroatoms. The lowest BCUT2D eigenvalue weighted by Crippen LogP contribution is -2.42. The lowest BCUT2D eigenvalue weighted by Gasteiger charge is -2.32. The fourth-order valence-corrected chi connectivity index (χ4v) is 3.05. The van der Waals surface area contributed by atoms with Crippen molar-refractivity contribution in [2.75, 3.05) is 25.5 Å². The summed E-state index contributed by atoms with van der Waals surface area (Å²) in [6, 6.07) is 2.05. The lowest BCUT2D eigenvalue weighted by atomic mass is 10.1. The normalized spacial score (nSPS) is 21.6. The maximum atomic E-state index is 5.34. The zero-order valence-corrected chi connectivity index (χ0v) is 13.8. The highest BCUT2D eigenvalue weighted by molar-refractivity contribution is 5.29. The molecule has 0 amide bonds. The van der Waals surface area contributed by atoms with Gasteiger partial charge in [-0.25, -0.2) is 4.98 Å². The van der Waals surface area contributed by atoms with Crippen LogP contribution in [0.25, 0.3) is 0 Å². The van der Waals surface area contributed by atoms with Crippen molar-refractivity contribution in [1.82, 2.24) is 25.0 Å². The molecule has 0 unspecified atom stereocenters. The van der Waals surface area contributed by atoms with Gasteiger partial charge >= 0.3 is 0 Å². The van der Waals surface area contributed by atoms with Gasteiger partial charge in [0.05, 0.1) is 13.7 Å². The van der Waals surface area contributed by atoms with Crippen molar-refractivity contribution in [3.05, 3.63) is 24.0 Å². The first-order valence-corrected chi connectivity index (χ1v) is 8.48. The maximum absolute atomic E-state index is 5.34. The second kappa shape index (κ2) is 6.72. The zero-order valence-electron chi connectivity index (χ0n) is 13.8. The van der Waals surface area contributed by atoms with Crippen LogP contribution >= 0.6 is 0 Å². The smallest absolute Gasteiger partial charge is 0.229 e. The standard InChI is InChI=1S/C16H22N6O2/c1-23-14-6-7-17-16(20-14)18-12-3-2-8-22(9-12)10-13-19-15(24-21-13)11-4-5-11/h6-7,11-12H,2-5,8-10H2,1H3,(H,17,18,20)/t12-/m1/s1. The Hall–Kier alpha value is -2.22. The van der Waals surface area contributed by atoms with Gasteiger partial charge in [-0.1, -0.05) is 5.16 Å². The fraction of sp³-hybridized carbons (Fsp3) is 0.625. The Morgan fingerprint density at radius 3 is 3.08 bits per heavy atom. The van der Waals surface area contributed by atoms with Crippen molar-refractivity contribution >= 4 is 5.95 Å². The van der Waals surface area contributed by atoms with Crippen molar-refractivity contribution < 1.29 is 9.26 Å². The summed E-state index contributed by atoms with van der Waals surface area (Å²) in [5, 5.41) is 7.51. The summed E-state index contributed by atoms with van der Waals surface area (Å²) >= 11 is 0. The molecule has 1 atom stereocenters. The van der Waals surface area contributed by atoms with Crippen LogP contribution in [-0.4, -0.2) is 51.2 Å². The number of aromatic nitrogens is 4. The second-order valence-electron chi connectivity index (χ2n) is 6.46. The Kier molecular flexibility index (Phi) is 4.29. The Labute approximate surface area is 140 Å². The van der Waals surface area contributed by atoms with E-state index in [1.807, 2.05) is 0 Å².